The predicted octanol–water partition coefficient (Wildman–Crippen LogP) is 3.31. The van der Waals surface area contributed by atoms with Crippen molar-refractivity contribution in [2.24, 2.45) is 0 Å². The zero-order valence-electron chi connectivity index (χ0n) is 8.13. The van der Waals surface area contributed by atoms with E-state index in [0.29, 0.717) is 5.15 Å². The highest BCUT2D eigenvalue weighted by Gasteiger charge is 2.07. The van der Waals surface area contributed by atoms with Crippen molar-refractivity contribution >= 4 is 17.3 Å². The van der Waals surface area contributed by atoms with Gasteiger partial charge in [-0.2, -0.15) is 0 Å². The first-order chi connectivity index (χ1) is 7.66. The molecule has 2 aromatic rings. The van der Waals surface area contributed by atoms with Gasteiger partial charge in [0.2, 0.25) is 0 Å². The Morgan fingerprint density at radius 3 is 2.62 bits per heavy atom. The van der Waals surface area contributed by atoms with Crippen molar-refractivity contribution in [1.82, 2.24) is 4.98 Å². The standard InChI is InChI=1S/C11H7ClN2O2/c12-11-7-9(4-5-13-11)8-2-1-3-10(6-8)14(15)16/h1-7H. The molecular weight excluding hydrogens is 228 g/mol. The van der Waals surface area contributed by atoms with Gasteiger partial charge in [-0.15, -0.1) is 0 Å². The fourth-order valence-electron chi connectivity index (χ4n) is 1.38. The van der Waals surface area contributed by atoms with Crippen molar-refractivity contribution in [1.29, 1.82) is 0 Å². The highest BCUT2D eigenvalue weighted by Crippen LogP contribution is 2.24. The number of benzene rings is 1. The molecule has 0 aliphatic rings. The maximum Gasteiger partial charge on any atom is 0.270 e. The highest BCUT2D eigenvalue weighted by atomic mass is 35.5. The van der Waals surface area contributed by atoms with Crippen LogP contribution in [0.15, 0.2) is 42.6 Å². The Kier molecular flexibility index (Phi) is 2.83. The van der Waals surface area contributed by atoms with Crippen molar-refractivity contribution in [2.45, 2.75) is 0 Å². The molecule has 0 spiro atoms. The van der Waals surface area contributed by atoms with Crippen LogP contribution < -0.4 is 0 Å². The second-order valence-corrected chi connectivity index (χ2v) is 3.56. The van der Waals surface area contributed by atoms with Crippen LogP contribution in [0.5, 0.6) is 0 Å². The van der Waals surface area contributed by atoms with Gasteiger partial charge in [0, 0.05) is 18.3 Å². The predicted molar refractivity (Wildman–Crippen MR) is 61.3 cm³/mol. The van der Waals surface area contributed by atoms with Gasteiger partial charge in [0.05, 0.1) is 4.92 Å². The summed E-state index contributed by atoms with van der Waals surface area (Å²) < 4.78 is 0. The van der Waals surface area contributed by atoms with Crippen LogP contribution in [0.3, 0.4) is 0 Å². The molecule has 0 fully saturated rings. The molecule has 0 amide bonds. The van der Waals surface area contributed by atoms with Gasteiger partial charge in [0.25, 0.3) is 5.69 Å². The summed E-state index contributed by atoms with van der Waals surface area (Å²) in [6, 6.07) is 9.81. The van der Waals surface area contributed by atoms with Crippen LogP contribution in [0.25, 0.3) is 11.1 Å². The largest absolute Gasteiger partial charge is 0.270 e. The second-order valence-electron chi connectivity index (χ2n) is 3.17. The lowest BCUT2D eigenvalue weighted by Crippen LogP contribution is -1.88. The highest BCUT2D eigenvalue weighted by molar-refractivity contribution is 6.29. The summed E-state index contributed by atoms with van der Waals surface area (Å²) in [7, 11) is 0. The average molecular weight is 235 g/mol. The first-order valence-corrected chi connectivity index (χ1v) is 4.91. The summed E-state index contributed by atoms with van der Waals surface area (Å²) in [6.07, 6.45) is 1.57. The van der Waals surface area contributed by atoms with E-state index >= 15 is 0 Å². The number of nitro benzene ring substituents is 1. The van der Waals surface area contributed by atoms with Gasteiger partial charge in [0.1, 0.15) is 5.15 Å². The van der Waals surface area contributed by atoms with Crippen molar-refractivity contribution in [3.8, 4) is 11.1 Å². The maximum atomic E-state index is 10.6. The van der Waals surface area contributed by atoms with Crippen LogP contribution in [-0.2, 0) is 0 Å². The number of hydrogen-bond donors (Lipinski definition) is 0. The topological polar surface area (TPSA) is 56.0 Å². The number of nitro groups is 1. The van der Waals surface area contributed by atoms with Crippen LogP contribution in [0.2, 0.25) is 5.15 Å². The number of pyridine rings is 1. The average Bonchev–Trinajstić information content (AvgIpc) is 2.29. The normalized spacial score (nSPS) is 10.1. The molecule has 1 heterocycles. The molecule has 5 heteroatoms. The molecule has 0 radical (unpaired) electrons. The molecule has 0 bridgehead atoms. The van der Waals surface area contributed by atoms with Crippen LogP contribution in [0, 0.1) is 10.1 Å². The SMILES string of the molecule is O=[N+]([O-])c1cccc(-c2ccnc(Cl)c2)c1. The number of non-ortho nitro benzene ring substituents is 1. The Balaban J connectivity index is 2.48. The molecule has 0 aliphatic heterocycles. The fraction of sp³-hybridized carbons (Fsp3) is 0. The van der Waals surface area contributed by atoms with E-state index in [2.05, 4.69) is 4.98 Å². The summed E-state index contributed by atoms with van der Waals surface area (Å²) in [5, 5.41) is 11.0. The van der Waals surface area contributed by atoms with Gasteiger partial charge >= 0.3 is 0 Å². The minimum Gasteiger partial charge on any atom is -0.258 e. The lowest BCUT2D eigenvalue weighted by atomic mass is 10.1. The molecular formula is C11H7ClN2O2. The quantitative estimate of drug-likeness (QED) is 0.455. The zero-order chi connectivity index (χ0) is 11.5. The van der Waals surface area contributed by atoms with Gasteiger partial charge in [-0.3, -0.25) is 10.1 Å². The van der Waals surface area contributed by atoms with E-state index in [-0.39, 0.29) is 5.69 Å². The number of nitrogens with zero attached hydrogens (tertiary/aromatic N) is 2. The molecule has 1 aromatic carbocycles. The molecule has 16 heavy (non-hydrogen) atoms. The van der Waals surface area contributed by atoms with Crippen LogP contribution in [0.1, 0.15) is 0 Å². The van der Waals surface area contributed by atoms with E-state index in [9.17, 15) is 10.1 Å². The van der Waals surface area contributed by atoms with Crippen LogP contribution in [0.4, 0.5) is 5.69 Å². The molecule has 4 nitrogen and oxygen atoms in total. The third-order valence-corrected chi connectivity index (χ3v) is 2.32. The van der Waals surface area contributed by atoms with Gasteiger partial charge in [-0.05, 0) is 23.3 Å². The van der Waals surface area contributed by atoms with E-state index in [1.807, 2.05) is 0 Å². The Morgan fingerprint density at radius 1 is 1.19 bits per heavy atom. The molecule has 0 atom stereocenters. The summed E-state index contributed by atoms with van der Waals surface area (Å²) in [5.41, 5.74) is 1.62. The van der Waals surface area contributed by atoms with Gasteiger partial charge in [-0.25, -0.2) is 4.98 Å². The fourth-order valence-corrected chi connectivity index (χ4v) is 1.55. The number of rotatable bonds is 2. The van der Waals surface area contributed by atoms with E-state index in [4.69, 9.17) is 11.6 Å². The van der Waals surface area contributed by atoms with E-state index in [1.54, 1.807) is 30.5 Å². The summed E-state index contributed by atoms with van der Waals surface area (Å²) >= 11 is 5.75. The first kappa shape index (κ1) is 10.6. The second kappa shape index (κ2) is 4.28. The molecule has 0 saturated carbocycles. The Morgan fingerprint density at radius 2 is 1.94 bits per heavy atom. The number of hydrogen-bond acceptors (Lipinski definition) is 3. The van der Waals surface area contributed by atoms with Crippen molar-refractivity contribution < 1.29 is 4.92 Å². The first-order valence-electron chi connectivity index (χ1n) is 4.53. The lowest BCUT2D eigenvalue weighted by molar-refractivity contribution is -0.384. The maximum absolute atomic E-state index is 10.6. The minimum atomic E-state index is -0.424. The molecule has 2 rings (SSSR count). The summed E-state index contributed by atoms with van der Waals surface area (Å²) in [6.45, 7) is 0. The van der Waals surface area contributed by atoms with Crippen LogP contribution >= 0.6 is 11.6 Å². The Bertz CT molecular complexity index is 543. The molecule has 0 aliphatic carbocycles. The minimum absolute atomic E-state index is 0.0606. The van der Waals surface area contributed by atoms with Gasteiger partial charge in [0.15, 0.2) is 0 Å². The van der Waals surface area contributed by atoms with Crippen molar-refractivity contribution in [2.75, 3.05) is 0 Å². The molecule has 0 N–H and O–H groups in total. The van der Waals surface area contributed by atoms with E-state index in [1.165, 1.54) is 12.1 Å². The molecule has 0 unspecified atom stereocenters. The van der Waals surface area contributed by atoms with Gasteiger partial charge in [-0.1, -0.05) is 23.7 Å². The third-order valence-electron chi connectivity index (χ3n) is 2.12. The zero-order valence-corrected chi connectivity index (χ0v) is 8.89. The summed E-state index contributed by atoms with van der Waals surface area (Å²) in [4.78, 5) is 14.0. The van der Waals surface area contributed by atoms with E-state index in [0.717, 1.165) is 11.1 Å². The molecule has 0 saturated heterocycles. The molecule has 80 valence electrons. The number of halogens is 1. The smallest absolute Gasteiger partial charge is 0.258 e. The monoisotopic (exact) mass is 234 g/mol. The Labute approximate surface area is 96.7 Å². The van der Waals surface area contributed by atoms with Crippen molar-refractivity contribution in [3.05, 3.63) is 57.9 Å². The molecule has 1 aromatic heterocycles. The van der Waals surface area contributed by atoms with E-state index < -0.39 is 4.92 Å². The van der Waals surface area contributed by atoms with Crippen LogP contribution in [-0.4, -0.2) is 9.91 Å². The number of aromatic nitrogens is 1. The van der Waals surface area contributed by atoms with Crippen molar-refractivity contribution in [3.63, 3.8) is 0 Å². The lowest BCUT2D eigenvalue weighted by Gasteiger charge is -2.01. The third kappa shape index (κ3) is 2.17. The summed E-state index contributed by atoms with van der Waals surface area (Å²) in [5.74, 6) is 0. The Hall–Kier alpha value is -1.94. The van der Waals surface area contributed by atoms with Gasteiger partial charge < -0.3 is 0 Å².